The molecule has 1 saturated heterocycles. The van der Waals surface area contributed by atoms with E-state index in [4.69, 9.17) is 9.26 Å². The van der Waals surface area contributed by atoms with Crippen LogP contribution in [0.3, 0.4) is 0 Å². The van der Waals surface area contributed by atoms with Gasteiger partial charge in [-0.25, -0.2) is 0 Å². The number of hydrogen-bond donors (Lipinski definition) is 1. The molecule has 6 heteroatoms. The van der Waals surface area contributed by atoms with Crippen LogP contribution in [-0.4, -0.2) is 40.3 Å². The van der Waals surface area contributed by atoms with E-state index in [-0.39, 0.29) is 6.10 Å². The molecule has 23 heavy (non-hydrogen) atoms. The highest BCUT2D eigenvalue weighted by atomic mass is 16.5. The third-order valence-electron chi connectivity index (χ3n) is 4.55. The van der Waals surface area contributed by atoms with E-state index >= 15 is 0 Å². The van der Waals surface area contributed by atoms with Crippen molar-refractivity contribution < 1.29 is 14.4 Å². The van der Waals surface area contributed by atoms with Gasteiger partial charge in [-0.05, 0) is 25.3 Å². The van der Waals surface area contributed by atoms with Crippen molar-refractivity contribution in [3.8, 4) is 0 Å². The van der Waals surface area contributed by atoms with E-state index in [1.54, 1.807) is 7.11 Å². The van der Waals surface area contributed by atoms with Crippen molar-refractivity contribution >= 4 is 0 Å². The molecule has 1 fully saturated rings. The summed E-state index contributed by atoms with van der Waals surface area (Å²) in [5.74, 6) is 1.16. The van der Waals surface area contributed by atoms with E-state index in [1.807, 2.05) is 37.3 Å². The van der Waals surface area contributed by atoms with Crippen molar-refractivity contribution in [1.29, 1.82) is 0 Å². The van der Waals surface area contributed by atoms with Crippen molar-refractivity contribution in [3.05, 3.63) is 47.6 Å². The van der Waals surface area contributed by atoms with Crippen molar-refractivity contribution in [3.63, 3.8) is 0 Å². The summed E-state index contributed by atoms with van der Waals surface area (Å²) in [6.45, 7) is 4.08. The number of aromatic nitrogens is 2. The molecule has 1 N–H and O–H groups in total. The first kappa shape index (κ1) is 16.1. The molecule has 1 aromatic carbocycles. The molecule has 0 aliphatic carbocycles. The first-order valence-electron chi connectivity index (χ1n) is 7.96. The Morgan fingerprint density at radius 1 is 1.30 bits per heavy atom. The molecular weight excluding hydrogens is 294 g/mol. The Morgan fingerprint density at radius 2 is 2.00 bits per heavy atom. The Balaban J connectivity index is 1.58. The van der Waals surface area contributed by atoms with Crippen molar-refractivity contribution in [2.24, 2.45) is 0 Å². The van der Waals surface area contributed by atoms with Crippen LogP contribution in [0.2, 0.25) is 0 Å². The van der Waals surface area contributed by atoms with Gasteiger partial charge in [0, 0.05) is 20.2 Å². The minimum absolute atomic E-state index is 0.169. The van der Waals surface area contributed by atoms with Gasteiger partial charge in [0.15, 0.2) is 5.82 Å². The Hall–Kier alpha value is -1.76. The molecule has 2 aromatic rings. The highest BCUT2D eigenvalue weighted by Gasteiger charge is 2.34. The van der Waals surface area contributed by atoms with Crippen LogP contribution in [0.25, 0.3) is 0 Å². The Morgan fingerprint density at radius 3 is 2.65 bits per heavy atom. The van der Waals surface area contributed by atoms with Crippen LogP contribution in [0.5, 0.6) is 0 Å². The quantitative estimate of drug-likeness (QED) is 0.912. The minimum atomic E-state index is -0.734. The van der Waals surface area contributed by atoms with Gasteiger partial charge in [-0.3, -0.25) is 4.90 Å². The second-order valence-electron chi connectivity index (χ2n) is 6.10. The molecule has 1 unspecified atom stereocenters. The average Bonchev–Trinajstić information content (AvgIpc) is 3.06. The predicted molar refractivity (Wildman–Crippen MR) is 84.6 cm³/mol. The summed E-state index contributed by atoms with van der Waals surface area (Å²) in [7, 11) is 1.62. The van der Waals surface area contributed by atoms with E-state index in [0.29, 0.717) is 31.1 Å². The number of nitrogens with zero attached hydrogens (tertiary/aromatic N) is 3. The third kappa shape index (κ3) is 3.60. The molecule has 1 aromatic heterocycles. The number of aliphatic hydroxyl groups is 1. The maximum Gasteiger partial charge on any atom is 0.240 e. The monoisotopic (exact) mass is 317 g/mol. The maximum absolute atomic E-state index is 10.8. The molecule has 1 aliphatic heterocycles. The fraction of sp³-hybridized carbons (Fsp3) is 0.529. The molecule has 0 bridgehead atoms. The summed E-state index contributed by atoms with van der Waals surface area (Å²) in [5, 5.41) is 14.8. The van der Waals surface area contributed by atoms with Gasteiger partial charge < -0.3 is 14.4 Å². The predicted octanol–water partition coefficient (Wildman–Crippen LogP) is 2.26. The van der Waals surface area contributed by atoms with E-state index < -0.39 is 5.60 Å². The zero-order valence-electron chi connectivity index (χ0n) is 13.6. The van der Waals surface area contributed by atoms with Crippen LogP contribution in [0, 0.1) is 0 Å². The van der Waals surface area contributed by atoms with Gasteiger partial charge in [-0.1, -0.05) is 35.5 Å². The summed E-state index contributed by atoms with van der Waals surface area (Å²) >= 11 is 0. The number of hydrogen-bond acceptors (Lipinski definition) is 6. The fourth-order valence-electron chi connectivity index (χ4n) is 2.91. The van der Waals surface area contributed by atoms with Gasteiger partial charge >= 0.3 is 0 Å². The van der Waals surface area contributed by atoms with E-state index in [0.717, 1.165) is 18.7 Å². The molecule has 124 valence electrons. The molecule has 0 amide bonds. The Bertz CT molecular complexity index is 621. The minimum Gasteiger partial charge on any atom is -0.385 e. The summed E-state index contributed by atoms with van der Waals surface area (Å²) in [6.07, 6.45) is 1.23. The van der Waals surface area contributed by atoms with Crippen LogP contribution in [-0.2, 0) is 16.9 Å². The van der Waals surface area contributed by atoms with Crippen molar-refractivity contribution in [1.82, 2.24) is 15.0 Å². The average molecular weight is 317 g/mol. The van der Waals surface area contributed by atoms with Gasteiger partial charge in [0.05, 0.1) is 12.1 Å². The molecule has 1 aliphatic rings. The van der Waals surface area contributed by atoms with E-state index in [9.17, 15) is 5.11 Å². The lowest BCUT2D eigenvalue weighted by Gasteiger charge is -2.38. The van der Waals surface area contributed by atoms with Crippen molar-refractivity contribution in [2.75, 3.05) is 20.2 Å². The summed E-state index contributed by atoms with van der Waals surface area (Å²) < 4.78 is 10.5. The van der Waals surface area contributed by atoms with Crippen LogP contribution < -0.4 is 0 Å². The molecule has 2 heterocycles. The summed E-state index contributed by atoms with van der Waals surface area (Å²) in [4.78, 5) is 6.59. The molecule has 0 radical (unpaired) electrons. The molecule has 3 rings (SSSR count). The zero-order valence-corrected chi connectivity index (χ0v) is 13.6. The van der Waals surface area contributed by atoms with Gasteiger partial charge in [0.1, 0.15) is 6.10 Å². The number of benzene rings is 1. The number of ether oxygens (including phenoxy) is 1. The van der Waals surface area contributed by atoms with E-state index in [1.165, 1.54) is 0 Å². The van der Waals surface area contributed by atoms with Gasteiger partial charge in [0.2, 0.25) is 5.89 Å². The van der Waals surface area contributed by atoms with Crippen LogP contribution >= 0.6 is 0 Å². The molecular formula is C17H23N3O3. The van der Waals surface area contributed by atoms with E-state index in [2.05, 4.69) is 15.0 Å². The lowest BCUT2D eigenvalue weighted by Crippen LogP contribution is -2.42. The number of rotatable bonds is 5. The second kappa shape index (κ2) is 6.78. The highest BCUT2D eigenvalue weighted by molar-refractivity contribution is 5.22. The number of methoxy groups -OCH3 is 1. The normalized spacial score (nSPS) is 19.6. The topological polar surface area (TPSA) is 71.6 Å². The molecule has 0 saturated carbocycles. The molecule has 0 spiro atoms. The second-order valence-corrected chi connectivity index (χ2v) is 6.10. The lowest BCUT2D eigenvalue weighted by molar-refractivity contribution is -0.0295. The third-order valence-corrected chi connectivity index (χ3v) is 4.55. The number of piperidine rings is 1. The van der Waals surface area contributed by atoms with Gasteiger partial charge in [-0.15, -0.1) is 0 Å². The largest absolute Gasteiger partial charge is 0.385 e. The Kier molecular flexibility index (Phi) is 4.75. The number of likely N-dealkylation sites (tertiary alicyclic amines) is 1. The van der Waals surface area contributed by atoms with Crippen LogP contribution in [0.15, 0.2) is 34.9 Å². The van der Waals surface area contributed by atoms with Gasteiger partial charge in [0.25, 0.3) is 0 Å². The SMILES string of the molecule is COC(C)c1noc(CN2CCC(O)(c3ccccc3)CC2)n1. The van der Waals surface area contributed by atoms with Gasteiger partial charge in [-0.2, -0.15) is 4.98 Å². The smallest absolute Gasteiger partial charge is 0.240 e. The molecule has 1 atom stereocenters. The van der Waals surface area contributed by atoms with Crippen molar-refractivity contribution in [2.45, 2.75) is 38.0 Å². The van der Waals surface area contributed by atoms with Crippen LogP contribution in [0.4, 0.5) is 0 Å². The molecule has 6 nitrogen and oxygen atoms in total. The first-order valence-corrected chi connectivity index (χ1v) is 7.96. The maximum atomic E-state index is 10.8. The summed E-state index contributed by atoms with van der Waals surface area (Å²) in [5.41, 5.74) is 0.260. The summed E-state index contributed by atoms with van der Waals surface area (Å²) in [6, 6.07) is 9.89. The Labute approximate surface area is 136 Å². The standard InChI is InChI=1S/C17H23N3O3/c1-13(22-2)16-18-15(23-19-16)12-20-10-8-17(21,9-11-20)14-6-4-3-5-7-14/h3-7,13,21H,8-12H2,1-2H3. The lowest BCUT2D eigenvalue weighted by atomic mass is 9.84. The van der Waals surface area contributed by atoms with Crippen LogP contribution in [0.1, 0.15) is 43.1 Å². The zero-order chi connectivity index (χ0) is 16.3. The highest BCUT2D eigenvalue weighted by Crippen LogP contribution is 2.33. The first-order chi connectivity index (χ1) is 11.1. The fourth-order valence-corrected chi connectivity index (χ4v) is 2.91.